The van der Waals surface area contributed by atoms with Crippen LogP contribution in [0.4, 0.5) is 5.69 Å². The highest BCUT2D eigenvalue weighted by atomic mass is 35.5. The predicted molar refractivity (Wildman–Crippen MR) is 74.0 cm³/mol. The summed E-state index contributed by atoms with van der Waals surface area (Å²) < 4.78 is 1.15. The summed E-state index contributed by atoms with van der Waals surface area (Å²) in [7, 11) is 0. The maximum Gasteiger partial charge on any atom is 0.328 e. The van der Waals surface area contributed by atoms with E-state index >= 15 is 0 Å². The number of nitrogens with one attached hydrogen (secondary N) is 1. The fourth-order valence-electron chi connectivity index (χ4n) is 1.67. The van der Waals surface area contributed by atoms with Crippen molar-refractivity contribution in [3.05, 3.63) is 47.2 Å². The van der Waals surface area contributed by atoms with Gasteiger partial charge in [-0.2, -0.15) is 5.10 Å². The van der Waals surface area contributed by atoms with Gasteiger partial charge in [0.1, 0.15) is 11.7 Å². The Hall–Kier alpha value is -2.34. The molecular formula is C13H12ClN3O3. The van der Waals surface area contributed by atoms with E-state index in [0.717, 1.165) is 4.68 Å². The topological polar surface area (TPSA) is 84.2 Å². The number of aromatic nitrogens is 2. The third-order valence-electron chi connectivity index (χ3n) is 2.71. The summed E-state index contributed by atoms with van der Waals surface area (Å²) in [5, 5.41) is 16.0. The molecule has 7 heteroatoms. The molecule has 0 saturated heterocycles. The van der Waals surface area contributed by atoms with Gasteiger partial charge >= 0.3 is 5.97 Å². The van der Waals surface area contributed by atoms with E-state index in [1.165, 1.54) is 19.2 Å². The van der Waals surface area contributed by atoms with Crippen molar-refractivity contribution in [3.63, 3.8) is 0 Å². The smallest absolute Gasteiger partial charge is 0.328 e. The first-order valence-corrected chi connectivity index (χ1v) is 6.20. The standard InChI is InChI=1S/C13H12ClN3O3/c1-8(13(19)20)17-11(5-6-15-17)12(18)16-10-4-2-3-9(14)7-10/h2-8H,1H3,(H,16,18)(H,19,20). The number of carbonyl (C=O) groups is 2. The van der Waals surface area contributed by atoms with Gasteiger partial charge < -0.3 is 10.4 Å². The summed E-state index contributed by atoms with van der Waals surface area (Å²) in [4.78, 5) is 23.1. The van der Waals surface area contributed by atoms with Gasteiger partial charge in [0.15, 0.2) is 0 Å². The van der Waals surface area contributed by atoms with E-state index in [1.807, 2.05) is 0 Å². The number of halogens is 1. The lowest BCUT2D eigenvalue weighted by Gasteiger charge is -2.11. The summed E-state index contributed by atoms with van der Waals surface area (Å²) in [6.07, 6.45) is 1.38. The zero-order chi connectivity index (χ0) is 14.7. The van der Waals surface area contributed by atoms with Crippen LogP contribution in [0.25, 0.3) is 0 Å². The maximum absolute atomic E-state index is 12.1. The number of anilines is 1. The highest BCUT2D eigenvalue weighted by Gasteiger charge is 2.21. The average Bonchev–Trinajstić information content (AvgIpc) is 2.86. The van der Waals surface area contributed by atoms with Crippen molar-refractivity contribution < 1.29 is 14.7 Å². The SMILES string of the molecule is CC(C(=O)O)n1nccc1C(=O)Nc1cccc(Cl)c1. The number of carbonyl (C=O) groups excluding carboxylic acids is 1. The molecule has 1 amide bonds. The number of benzene rings is 1. The van der Waals surface area contributed by atoms with Crippen LogP contribution in [-0.4, -0.2) is 26.8 Å². The third-order valence-corrected chi connectivity index (χ3v) is 2.94. The van der Waals surface area contributed by atoms with E-state index in [4.69, 9.17) is 16.7 Å². The molecule has 0 aliphatic rings. The number of nitrogens with zero attached hydrogens (tertiary/aromatic N) is 2. The summed E-state index contributed by atoms with van der Waals surface area (Å²) >= 11 is 5.83. The largest absolute Gasteiger partial charge is 0.480 e. The van der Waals surface area contributed by atoms with E-state index in [2.05, 4.69) is 10.4 Å². The molecule has 0 spiro atoms. The van der Waals surface area contributed by atoms with Gasteiger partial charge in [-0.05, 0) is 31.2 Å². The molecule has 2 rings (SSSR count). The highest BCUT2D eigenvalue weighted by molar-refractivity contribution is 6.30. The Labute approximate surface area is 120 Å². The Morgan fingerprint density at radius 2 is 2.15 bits per heavy atom. The molecule has 1 aromatic carbocycles. The number of hydrogen-bond acceptors (Lipinski definition) is 3. The second-order valence-corrected chi connectivity index (χ2v) is 4.58. The fourth-order valence-corrected chi connectivity index (χ4v) is 1.86. The summed E-state index contributed by atoms with van der Waals surface area (Å²) in [5.41, 5.74) is 0.693. The number of rotatable bonds is 4. The predicted octanol–water partition coefficient (Wildman–Crippen LogP) is 2.43. The van der Waals surface area contributed by atoms with E-state index in [-0.39, 0.29) is 5.69 Å². The number of hydrogen-bond donors (Lipinski definition) is 2. The first-order valence-electron chi connectivity index (χ1n) is 5.82. The van der Waals surface area contributed by atoms with E-state index in [1.54, 1.807) is 24.3 Å². The molecule has 1 unspecified atom stereocenters. The molecule has 1 atom stereocenters. The molecule has 0 fully saturated rings. The van der Waals surface area contributed by atoms with E-state index in [9.17, 15) is 9.59 Å². The zero-order valence-electron chi connectivity index (χ0n) is 10.6. The van der Waals surface area contributed by atoms with Crippen molar-refractivity contribution in [2.75, 3.05) is 5.32 Å². The monoisotopic (exact) mass is 293 g/mol. The molecule has 104 valence electrons. The summed E-state index contributed by atoms with van der Waals surface area (Å²) in [6, 6.07) is 7.21. The van der Waals surface area contributed by atoms with E-state index < -0.39 is 17.9 Å². The molecule has 2 aromatic rings. The van der Waals surface area contributed by atoms with Crippen molar-refractivity contribution in [3.8, 4) is 0 Å². The van der Waals surface area contributed by atoms with Crippen LogP contribution in [0.5, 0.6) is 0 Å². The second-order valence-electron chi connectivity index (χ2n) is 4.14. The second kappa shape index (κ2) is 5.75. The van der Waals surface area contributed by atoms with Crippen LogP contribution in [-0.2, 0) is 4.79 Å². The number of carboxylic acids is 1. The third kappa shape index (κ3) is 2.97. The first kappa shape index (κ1) is 14.1. The minimum absolute atomic E-state index is 0.167. The van der Waals surface area contributed by atoms with Crippen molar-refractivity contribution in [2.24, 2.45) is 0 Å². The zero-order valence-corrected chi connectivity index (χ0v) is 11.3. The van der Waals surface area contributed by atoms with Gasteiger partial charge in [0.25, 0.3) is 5.91 Å². The Morgan fingerprint density at radius 1 is 1.40 bits per heavy atom. The normalized spacial score (nSPS) is 11.9. The van der Waals surface area contributed by atoms with E-state index in [0.29, 0.717) is 10.7 Å². The Morgan fingerprint density at radius 3 is 2.80 bits per heavy atom. The lowest BCUT2D eigenvalue weighted by molar-refractivity contribution is -0.140. The van der Waals surface area contributed by atoms with Gasteiger partial charge in [-0.25, -0.2) is 9.48 Å². The maximum atomic E-state index is 12.1. The van der Waals surface area contributed by atoms with Gasteiger partial charge in [0.2, 0.25) is 0 Å². The first-order chi connectivity index (χ1) is 9.49. The van der Waals surface area contributed by atoms with Crippen LogP contribution in [0.15, 0.2) is 36.5 Å². The van der Waals surface area contributed by atoms with Crippen molar-refractivity contribution in [1.29, 1.82) is 0 Å². The number of amides is 1. The molecule has 0 bridgehead atoms. The Bertz CT molecular complexity index is 654. The van der Waals surface area contributed by atoms with Crippen LogP contribution in [0.3, 0.4) is 0 Å². The number of aliphatic carboxylic acids is 1. The van der Waals surface area contributed by atoms with Gasteiger partial charge in [-0.15, -0.1) is 0 Å². The molecule has 2 N–H and O–H groups in total. The summed E-state index contributed by atoms with van der Waals surface area (Å²) in [5.74, 6) is -1.51. The molecule has 0 aliphatic carbocycles. The van der Waals surface area contributed by atoms with Gasteiger partial charge in [0, 0.05) is 16.9 Å². The van der Waals surface area contributed by atoms with Crippen molar-refractivity contribution in [1.82, 2.24) is 9.78 Å². The van der Waals surface area contributed by atoms with Crippen molar-refractivity contribution >= 4 is 29.2 Å². The molecule has 0 radical (unpaired) electrons. The minimum atomic E-state index is -1.06. The minimum Gasteiger partial charge on any atom is -0.480 e. The molecule has 1 aromatic heterocycles. The molecule has 0 aliphatic heterocycles. The Balaban J connectivity index is 2.22. The quantitative estimate of drug-likeness (QED) is 0.907. The van der Waals surface area contributed by atoms with Crippen LogP contribution >= 0.6 is 11.6 Å². The van der Waals surface area contributed by atoms with Crippen molar-refractivity contribution in [2.45, 2.75) is 13.0 Å². The Kier molecular flexibility index (Phi) is 4.05. The van der Waals surface area contributed by atoms with Crippen LogP contribution < -0.4 is 5.32 Å². The van der Waals surface area contributed by atoms with Crippen LogP contribution in [0.1, 0.15) is 23.5 Å². The van der Waals surface area contributed by atoms with Gasteiger partial charge in [-0.3, -0.25) is 4.79 Å². The lowest BCUT2D eigenvalue weighted by Crippen LogP contribution is -2.24. The van der Waals surface area contributed by atoms with Crippen LogP contribution in [0, 0.1) is 0 Å². The molecule has 1 heterocycles. The molecule has 0 saturated carbocycles. The average molecular weight is 294 g/mol. The van der Waals surface area contributed by atoms with Gasteiger partial charge in [-0.1, -0.05) is 17.7 Å². The fraction of sp³-hybridized carbons (Fsp3) is 0.154. The lowest BCUT2D eigenvalue weighted by atomic mass is 10.3. The van der Waals surface area contributed by atoms with Crippen LogP contribution in [0.2, 0.25) is 5.02 Å². The molecule has 20 heavy (non-hydrogen) atoms. The molecular weight excluding hydrogens is 282 g/mol. The highest BCUT2D eigenvalue weighted by Crippen LogP contribution is 2.17. The number of carboxylic acid groups (broad SMARTS) is 1. The summed E-state index contributed by atoms with van der Waals surface area (Å²) in [6.45, 7) is 1.45. The van der Waals surface area contributed by atoms with Gasteiger partial charge in [0.05, 0.1) is 0 Å². The molecule has 6 nitrogen and oxygen atoms in total.